The lowest BCUT2D eigenvalue weighted by atomic mass is 10.0. The van der Waals surface area contributed by atoms with Gasteiger partial charge in [-0.15, -0.1) is 0 Å². The summed E-state index contributed by atoms with van der Waals surface area (Å²) in [7, 11) is 0. The van der Waals surface area contributed by atoms with Gasteiger partial charge < -0.3 is 5.11 Å². The number of piperidine rings is 1. The minimum atomic E-state index is -0.546. The number of halogens is 2. The number of aliphatic hydroxyl groups excluding tert-OH is 1. The summed E-state index contributed by atoms with van der Waals surface area (Å²) in [5.74, 6) is 0. The number of hydrogen-bond donors (Lipinski definition) is 1. The molecule has 100 valence electrons. The van der Waals surface area contributed by atoms with Gasteiger partial charge in [0.25, 0.3) is 0 Å². The lowest BCUT2D eigenvalue weighted by Crippen LogP contribution is -2.40. The highest BCUT2D eigenvalue weighted by Crippen LogP contribution is 2.28. The van der Waals surface area contributed by atoms with E-state index >= 15 is 0 Å². The Kier molecular flexibility index (Phi) is 4.91. The van der Waals surface area contributed by atoms with E-state index in [1.165, 1.54) is 19.3 Å². The van der Waals surface area contributed by atoms with Crippen LogP contribution in [-0.2, 0) is 0 Å². The third-order valence-electron chi connectivity index (χ3n) is 3.67. The Labute approximate surface area is 119 Å². The van der Waals surface area contributed by atoms with Gasteiger partial charge in [0.2, 0.25) is 0 Å². The third-order valence-corrected chi connectivity index (χ3v) is 4.23. The molecule has 1 aromatic rings. The first-order chi connectivity index (χ1) is 8.58. The highest BCUT2D eigenvalue weighted by atomic mass is 35.5. The topological polar surface area (TPSA) is 23.5 Å². The first-order valence-electron chi connectivity index (χ1n) is 6.45. The van der Waals surface area contributed by atoms with Crippen LogP contribution in [0.15, 0.2) is 18.2 Å². The minimum Gasteiger partial charge on any atom is -0.387 e. The number of rotatable bonds is 3. The predicted molar refractivity (Wildman–Crippen MR) is 76.3 cm³/mol. The molecule has 0 aliphatic carbocycles. The predicted octanol–water partition coefficient (Wildman–Crippen LogP) is 3.90. The fourth-order valence-corrected chi connectivity index (χ4v) is 3.06. The second-order valence-electron chi connectivity index (χ2n) is 5.02. The van der Waals surface area contributed by atoms with Crippen LogP contribution in [0.3, 0.4) is 0 Å². The van der Waals surface area contributed by atoms with Crippen LogP contribution in [0.5, 0.6) is 0 Å². The van der Waals surface area contributed by atoms with Crippen molar-refractivity contribution in [1.82, 2.24) is 4.90 Å². The van der Waals surface area contributed by atoms with Gasteiger partial charge in [-0.25, -0.2) is 0 Å². The Hall–Kier alpha value is -0.280. The van der Waals surface area contributed by atoms with Crippen LogP contribution in [0.25, 0.3) is 0 Å². The zero-order chi connectivity index (χ0) is 13.1. The van der Waals surface area contributed by atoms with Crippen LogP contribution >= 0.6 is 23.2 Å². The van der Waals surface area contributed by atoms with Crippen molar-refractivity contribution in [3.63, 3.8) is 0 Å². The van der Waals surface area contributed by atoms with E-state index in [2.05, 4.69) is 11.8 Å². The van der Waals surface area contributed by atoms with Crippen molar-refractivity contribution in [1.29, 1.82) is 0 Å². The molecule has 1 N–H and O–H groups in total. The summed E-state index contributed by atoms with van der Waals surface area (Å²) in [5, 5.41) is 11.4. The van der Waals surface area contributed by atoms with Gasteiger partial charge in [-0.05, 0) is 38.4 Å². The standard InChI is InChI=1S/C14H19Cl2NO/c1-10-4-2-3-7-17(10)9-14(18)12-6-5-11(15)8-13(12)16/h5-6,8,10,14,18H,2-4,7,9H2,1H3. The summed E-state index contributed by atoms with van der Waals surface area (Å²) < 4.78 is 0. The third kappa shape index (κ3) is 3.39. The molecule has 18 heavy (non-hydrogen) atoms. The lowest BCUT2D eigenvalue weighted by Gasteiger charge is -2.34. The van der Waals surface area contributed by atoms with Crippen LogP contribution in [0.4, 0.5) is 0 Å². The summed E-state index contributed by atoms with van der Waals surface area (Å²) in [6.07, 6.45) is 3.16. The molecule has 1 aliphatic rings. The van der Waals surface area contributed by atoms with Crippen LogP contribution < -0.4 is 0 Å². The molecular formula is C14H19Cl2NO. The second-order valence-corrected chi connectivity index (χ2v) is 5.87. The molecule has 4 heteroatoms. The molecule has 2 unspecified atom stereocenters. The quantitative estimate of drug-likeness (QED) is 0.911. The zero-order valence-corrected chi connectivity index (χ0v) is 12.1. The Morgan fingerprint density at radius 3 is 2.83 bits per heavy atom. The Balaban J connectivity index is 2.04. The SMILES string of the molecule is CC1CCCCN1CC(O)c1ccc(Cl)cc1Cl. The van der Waals surface area contributed by atoms with Crippen molar-refractivity contribution >= 4 is 23.2 Å². The molecule has 1 fully saturated rings. The van der Waals surface area contributed by atoms with Gasteiger partial charge in [0.1, 0.15) is 0 Å². The molecule has 1 aromatic carbocycles. The average molecular weight is 288 g/mol. The van der Waals surface area contributed by atoms with Crippen molar-refractivity contribution in [2.75, 3.05) is 13.1 Å². The molecule has 0 bridgehead atoms. The summed E-state index contributed by atoms with van der Waals surface area (Å²) >= 11 is 12.0. The van der Waals surface area contributed by atoms with Gasteiger partial charge in [-0.3, -0.25) is 4.90 Å². The van der Waals surface area contributed by atoms with Crippen LogP contribution in [0.1, 0.15) is 37.9 Å². The number of aliphatic hydroxyl groups is 1. The molecule has 1 aliphatic heterocycles. The second kappa shape index (κ2) is 6.25. The van der Waals surface area contributed by atoms with E-state index in [1.54, 1.807) is 12.1 Å². The minimum absolute atomic E-state index is 0.541. The normalized spacial score (nSPS) is 23.0. The molecule has 1 heterocycles. The van der Waals surface area contributed by atoms with Crippen molar-refractivity contribution < 1.29 is 5.11 Å². The Morgan fingerprint density at radius 1 is 1.39 bits per heavy atom. The maximum Gasteiger partial charge on any atom is 0.0931 e. The average Bonchev–Trinajstić information content (AvgIpc) is 2.32. The smallest absolute Gasteiger partial charge is 0.0931 e. The summed E-state index contributed by atoms with van der Waals surface area (Å²) in [4.78, 5) is 2.33. The van der Waals surface area contributed by atoms with Gasteiger partial charge in [0.15, 0.2) is 0 Å². The van der Waals surface area contributed by atoms with Gasteiger partial charge in [-0.1, -0.05) is 35.7 Å². The largest absolute Gasteiger partial charge is 0.387 e. The van der Waals surface area contributed by atoms with E-state index in [4.69, 9.17) is 23.2 Å². The molecule has 2 rings (SSSR count). The lowest BCUT2D eigenvalue weighted by molar-refractivity contribution is 0.0733. The maximum absolute atomic E-state index is 10.3. The van der Waals surface area contributed by atoms with Gasteiger partial charge in [-0.2, -0.15) is 0 Å². The molecule has 0 spiro atoms. The number of nitrogens with zero attached hydrogens (tertiary/aromatic N) is 1. The van der Waals surface area contributed by atoms with Crippen LogP contribution in [0, 0.1) is 0 Å². The van der Waals surface area contributed by atoms with E-state index < -0.39 is 6.10 Å². The van der Waals surface area contributed by atoms with Gasteiger partial charge in [0.05, 0.1) is 6.10 Å². The molecular weight excluding hydrogens is 269 g/mol. The molecule has 2 atom stereocenters. The summed E-state index contributed by atoms with van der Waals surface area (Å²) in [6, 6.07) is 5.80. The zero-order valence-electron chi connectivity index (χ0n) is 10.6. The first kappa shape index (κ1) is 14.1. The van der Waals surface area contributed by atoms with E-state index in [0.717, 1.165) is 12.1 Å². The fraction of sp³-hybridized carbons (Fsp3) is 0.571. The van der Waals surface area contributed by atoms with Crippen LogP contribution in [-0.4, -0.2) is 29.1 Å². The molecule has 1 saturated heterocycles. The monoisotopic (exact) mass is 287 g/mol. The summed E-state index contributed by atoms with van der Waals surface area (Å²) in [6.45, 7) is 3.92. The van der Waals surface area contributed by atoms with Crippen LogP contribution in [0.2, 0.25) is 10.0 Å². The number of hydrogen-bond acceptors (Lipinski definition) is 2. The van der Waals surface area contributed by atoms with Crippen molar-refractivity contribution in [2.45, 2.75) is 38.3 Å². The first-order valence-corrected chi connectivity index (χ1v) is 7.20. The molecule has 0 amide bonds. The molecule has 0 aromatic heterocycles. The van der Waals surface area contributed by atoms with E-state index in [9.17, 15) is 5.11 Å². The number of benzene rings is 1. The number of likely N-dealkylation sites (tertiary alicyclic amines) is 1. The number of β-amino-alcohol motifs (C(OH)–C–C–N with tert-alkyl or cyclic N) is 1. The van der Waals surface area contributed by atoms with Crippen molar-refractivity contribution in [3.05, 3.63) is 33.8 Å². The highest BCUT2D eigenvalue weighted by Gasteiger charge is 2.22. The van der Waals surface area contributed by atoms with E-state index in [-0.39, 0.29) is 0 Å². The van der Waals surface area contributed by atoms with Crippen molar-refractivity contribution in [3.8, 4) is 0 Å². The van der Waals surface area contributed by atoms with Crippen molar-refractivity contribution in [2.24, 2.45) is 0 Å². The molecule has 2 nitrogen and oxygen atoms in total. The summed E-state index contributed by atoms with van der Waals surface area (Å²) in [5.41, 5.74) is 0.763. The van der Waals surface area contributed by atoms with E-state index in [1.807, 2.05) is 6.07 Å². The Morgan fingerprint density at radius 2 is 2.17 bits per heavy atom. The molecule has 0 radical (unpaired) electrons. The van der Waals surface area contributed by atoms with Gasteiger partial charge >= 0.3 is 0 Å². The Bertz CT molecular complexity index is 411. The maximum atomic E-state index is 10.3. The van der Waals surface area contributed by atoms with Gasteiger partial charge in [0, 0.05) is 28.2 Å². The van der Waals surface area contributed by atoms with E-state index in [0.29, 0.717) is 22.6 Å². The fourth-order valence-electron chi connectivity index (χ4n) is 2.52. The molecule has 0 saturated carbocycles. The highest BCUT2D eigenvalue weighted by molar-refractivity contribution is 6.35.